The van der Waals surface area contributed by atoms with Crippen LogP contribution in [-0.2, 0) is 0 Å². The van der Waals surface area contributed by atoms with Gasteiger partial charge in [-0.15, -0.1) is 0 Å². The number of nitrogens with zero attached hydrogens (tertiary/aromatic N) is 2. The number of pyridine rings is 1. The Morgan fingerprint density at radius 2 is 2.26 bits per heavy atom. The maximum absolute atomic E-state index is 9.81. The Morgan fingerprint density at radius 1 is 1.37 bits per heavy atom. The molecule has 0 bridgehead atoms. The molecule has 19 heavy (non-hydrogen) atoms. The highest BCUT2D eigenvalue weighted by Gasteiger charge is 2.20. The fourth-order valence-corrected chi connectivity index (χ4v) is 2.67. The molecule has 0 radical (unpaired) electrons. The van der Waals surface area contributed by atoms with Crippen LogP contribution in [0, 0.1) is 0 Å². The second kappa shape index (κ2) is 5.05. The Balaban J connectivity index is 2.03. The summed E-state index contributed by atoms with van der Waals surface area (Å²) >= 11 is 0. The number of β-amino-alcohol motifs (C(OH)–C–C–N with tert-alkyl or cyclic N) is 1. The van der Waals surface area contributed by atoms with Crippen molar-refractivity contribution in [1.82, 2.24) is 4.98 Å². The Bertz CT molecular complexity index is 585. The highest BCUT2D eigenvalue weighted by molar-refractivity contribution is 5.93. The van der Waals surface area contributed by atoms with Crippen molar-refractivity contribution >= 4 is 16.6 Å². The lowest BCUT2D eigenvalue weighted by Gasteiger charge is -2.31. The number of benzene rings is 1. The van der Waals surface area contributed by atoms with Crippen LogP contribution < -0.4 is 9.64 Å². The predicted molar refractivity (Wildman–Crippen MR) is 75.7 cm³/mol. The number of aromatic nitrogens is 1. The van der Waals surface area contributed by atoms with Crippen molar-refractivity contribution in [2.45, 2.75) is 18.9 Å². The molecule has 1 aromatic carbocycles. The zero-order chi connectivity index (χ0) is 13.2. The average molecular weight is 258 g/mol. The standard InChI is InChI=1S/C15H18N2O2/c1-19-13-4-5-14-11(9-13)6-7-16-15(14)17-8-2-3-12(18)10-17/h4-7,9,12,18H,2-3,8,10H2,1H3. The molecule has 0 saturated carbocycles. The topological polar surface area (TPSA) is 45.6 Å². The highest BCUT2D eigenvalue weighted by Crippen LogP contribution is 2.29. The van der Waals surface area contributed by atoms with Crippen LogP contribution in [0.3, 0.4) is 0 Å². The van der Waals surface area contributed by atoms with E-state index in [0.29, 0.717) is 6.54 Å². The molecule has 3 rings (SSSR count). The van der Waals surface area contributed by atoms with Crippen LogP contribution in [0.15, 0.2) is 30.5 Å². The van der Waals surface area contributed by atoms with Crippen LogP contribution in [0.1, 0.15) is 12.8 Å². The van der Waals surface area contributed by atoms with Crippen LogP contribution in [0.4, 0.5) is 5.82 Å². The van der Waals surface area contributed by atoms with Gasteiger partial charge in [-0.1, -0.05) is 0 Å². The number of aliphatic hydroxyl groups excluding tert-OH is 1. The number of aliphatic hydroxyl groups is 1. The molecule has 1 unspecified atom stereocenters. The number of methoxy groups -OCH3 is 1. The Kier molecular flexibility index (Phi) is 3.25. The van der Waals surface area contributed by atoms with Gasteiger partial charge in [0.25, 0.3) is 0 Å². The summed E-state index contributed by atoms with van der Waals surface area (Å²) < 4.78 is 5.25. The van der Waals surface area contributed by atoms with E-state index in [1.54, 1.807) is 7.11 Å². The number of fused-ring (bicyclic) bond motifs is 1. The molecule has 1 aliphatic rings. The molecule has 1 fully saturated rings. The van der Waals surface area contributed by atoms with Gasteiger partial charge in [-0.25, -0.2) is 4.98 Å². The Labute approximate surface area is 112 Å². The van der Waals surface area contributed by atoms with Crippen molar-refractivity contribution < 1.29 is 9.84 Å². The van der Waals surface area contributed by atoms with Crippen LogP contribution in [-0.4, -0.2) is 36.4 Å². The van der Waals surface area contributed by atoms with Gasteiger partial charge in [0.2, 0.25) is 0 Å². The Hall–Kier alpha value is -1.81. The minimum absolute atomic E-state index is 0.246. The number of hydrogen-bond donors (Lipinski definition) is 1. The molecule has 1 N–H and O–H groups in total. The van der Waals surface area contributed by atoms with E-state index in [-0.39, 0.29) is 6.10 Å². The first-order valence-electron chi connectivity index (χ1n) is 6.63. The number of piperidine rings is 1. The van der Waals surface area contributed by atoms with Crippen molar-refractivity contribution in [3.05, 3.63) is 30.5 Å². The maximum Gasteiger partial charge on any atom is 0.136 e. The summed E-state index contributed by atoms with van der Waals surface area (Å²) in [6.45, 7) is 1.62. The molecule has 0 aliphatic carbocycles. The van der Waals surface area contributed by atoms with Crippen LogP contribution in [0.2, 0.25) is 0 Å². The largest absolute Gasteiger partial charge is 0.497 e. The first-order chi connectivity index (χ1) is 9.28. The summed E-state index contributed by atoms with van der Waals surface area (Å²) in [5.41, 5.74) is 0. The van der Waals surface area contributed by atoms with Gasteiger partial charge in [-0.05, 0) is 42.5 Å². The molecule has 1 aromatic heterocycles. The smallest absolute Gasteiger partial charge is 0.136 e. The highest BCUT2D eigenvalue weighted by atomic mass is 16.5. The van der Waals surface area contributed by atoms with E-state index >= 15 is 0 Å². The molecular formula is C15H18N2O2. The third-order valence-corrected chi connectivity index (χ3v) is 3.65. The fraction of sp³-hybridized carbons (Fsp3) is 0.400. The third-order valence-electron chi connectivity index (χ3n) is 3.65. The molecule has 4 nitrogen and oxygen atoms in total. The van der Waals surface area contributed by atoms with Gasteiger partial charge in [0, 0.05) is 24.7 Å². The van der Waals surface area contributed by atoms with E-state index in [2.05, 4.69) is 9.88 Å². The summed E-state index contributed by atoms with van der Waals surface area (Å²) in [6.07, 6.45) is 3.46. The number of anilines is 1. The molecular weight excluding hydrogens is 240 g/mol. The van der Waals surface area contributed by atoms with E-state index in [9.17, 15) is 5.11 Å². The molecule has 0 spiro atoms. The zero-order valence-electron chi connectivity index (χ0n) is 11.0. The zero-order valence-corrected chi connectivity index (χ0v) is 11.0. The fourth-order valence-electron chi connectivity index (χ4n) is 2.67. The monoisotopic (exact) mass is 258 g/mol. The molecule has 100 valence electrons. The van der Waals surface area contributed by atoms with Crippen LogP contribution in [0.5, 0.6) is 5.75 Å². The summed E-state index contributed by atoms with van der Waals surface area (Å²) in [5.74, 6) is 1.81. The average Bonchev–Trinajstić information content (AvgIpc) is 2.46. The first kappa shape index (κ1) is 12.2. The van der Waals surface area contributed by atoms with Crippen molar-refractivity contribution in [3.63, 3.8) is 0 Å². The SMILES string of the molecule is COc1ccc2c(N3CCCC(O)C3)nccc2c1. The second-order valence-electron chi connectivity index (χ2n) is 4.96. The molecule has 1 aliphatic heterocycles. The van der Waals surface area contributed by atoms with E-state index < -0.39 is 0 Å². The van der Waals surface area contributed by atoms with Gasteiger partial charge in [-0.2, -0.15) is 0 Å². The van der Waals surface area contributed by atoms with Gasteiger partial charge >= 0.3 is 0 Å². The summed E-state index contributed by atoms with van der Waals surface area (Å²) in [7, 11) is 1.67. The predicted octanol–water partition coefficient (Wildman–Crippen LogP) is 2.20. The minimum Gasteiger partial charge on any atom is -0.497 e. The number of ether oxygens (including phenoxy) is 1. The maximum atomic E-state index is 9.81. The lowest BCUT2D eigenvalue weighted by molar-refractivity contribution is 0.154. The van der Waals surface area contributed by atoms with Crippen molar-refractivity contribution in [2.75, 3.05) is 25.1 Å². The molecule has 0 amide bonds. The number of hydrogen-bond acceptors (Lipinski definition) is 4. The van der Waals surface area contributed by atoms with E-state index in [0.717, 1.165) is 41.7 Å². The minimum atomic E-state index is -0.246. The molecule has 1 saturated heterocycles. The van der Waals surface area contributed by atoms with Gasteiger partial charge in [0.05, 0.1) is 13.2 Å². The lowest BCUT2D eigenvalue weighted by atomic mass is 10.1. The van der Waals surface area contributed by atoms with E-state index in [4.69, 9.17) is 4.74 Å². The summed E-state index contributed by atoms with van der Waals surface area (Å²) in [4.78, 5) is 6.66. The van der Waals surface area contributed by atoms with Crippen molar-refractivity contribution in [3.8, 4) is 5.75 Å². The van der Waals surface area contributed by atoms with Gasteiger partial charge in [-0.3, -0.25) is 0 Å². The van der Waals surface area contributed by atoms with Gasteiger partial charge in [0.15, 0.2) is 0 Å². The normalized spacial score (nSPS) is 19.7. The second-order valence-corrected chi connectivity index (χ2v) is 4.96. The van der Waals surface area contributed by atoms with Gasteiger partial charge < -0.3 is 14.7 Å². The Morgan fingerprint density at radius 3 is 3.05 bits per heavy atom. The van der Waals surface area contributed by atoms with Crippen molar-refractivity contribution in [2.24, 2.45) is 0 Å². The quantitative estimate of drug-likeness (QED) is 0.897. The lowest BCUT2D eigenvalue weighted by Crippen LogP contribution is -2.38. The number of rotatable bonds is 2. The molecule has 2 heterocycles. The van der Waals surface area contributed by atoms with Crippen LogP contribution in [0.25, 0.3) is 10.8 Å². The van der Waals surface area contributed by atoms with E-state index in [1.807, 2.05) is 30.5 Å². The van der Waals surface area contributed by atoms with Gasteiger partial charge in [0.1, 0.15) is 11.6 Å². The molecule has 2 aromatic rings. The van der Waals surface area contributed by atoms with Crippen LogP contribution >= 0.6 is 0 Å². The summed E-state index contributed by atoms with van der Waals surface area (Å²) in [5, 5.41) is 12.0. The third kappa shape index (κ3) is 2.36. The molecule has 1 atom stereocenters. The van der Waals surface area contributed by atoms with E-state index in [1.165, 1.54) is 0 Å². The molecule has 4 heteroatoms. The first-order valence-corrected chi connectivity index (χ1v) is 6.63. The van der Waals surface area contributed by atoms with Crippen molar-refractivity contribution in [1.29, 1.82) is 0 Å². The summed E-state index contributed by atoms with van der Waals surface area (Å²) in [6, 6.07) is 7.99.